The van der Waals surface area contributed by atoms with Gasteiger partial charge in [0.05, 0.1) is 0 Å². The Labute approximate surface area is 102 Å². The monoisotopic (exact) mass is 238 g/mol. The van der Waals surface area contributed by atoms with E-state index in [1.807, 2.05) is 0 Å². The molecule has 0 radical (unpaired) electrons. The molecule has 17 heavy (non-hydrogen) atoms. The first-order chi connectivity index (χ1) is 8.08. The summed E-state index contributed by atoms with van der Waals surface area (Å²) in [6.07, 6.45) is 4.12. The van der Waals surface area contributed by atoms with Crippen LogP contribution in [0.1, 0.15) is 70.2 Å². The van der Waals surface area contributed by atoms with Gasteiger partial charge in [0, 0.05) is 5.92 Å². The highest BCUT2D eigenvalue weighted by Gasteiger charge is 2.27. The Bertz CT molecular complexity index is 352. The predicted octanol–water partition coefficient (Wildman–Crippen LogP) is 3.05. The zero-order valence-electron chi connectivity index (χ0n) is 10.9. The Balaban J connectivity index is 1.96. The van der Waals surface area contributed by atoms with E-state index in [0.717, 1.165) is 30.5 Å². The van der Waals surface area contributed by atoms with E-state index in [4.69, 9.17) is 4.52 Å². The van der Waals surface area contributed by atoms with Crippen LogP contribution in [-0.4, -0.2) is 15.2 Å². The van der Waals surface area contributed by atoms with Crippen LogP contribution in [0.2, 0.25) is 0 Å². The average Bonchev–Trinajstić information content (AvgIpc) is 2.78. The molecule has 4 nitrogen and oxygen atoms in total. The SMILES string of the molecule is CC(C)C1CCC(c2noc([C@H](C)O)n2)CC1. The third kappa shape index (κ3) is 2.86. The molecule has 4 heteroatoms. The molecular formula is C13H22N2O2. The van der Waals surface area contributed by atoms with Crippen molar-refractivity contribution in [1.82, 2.24) is 10.1 Å². The molecule has 0 aliphatic heterocycles. The van der Waals surface area contributed by atoms with E-state index in [2.05, 4.69) is 24.0 Å². The van der Waals surface area contributed by atoms with Crippen molar-refractivity contribution in [3.63, 3.8) is 0 Å². The molecule has 0 saturated heterocycles. The Kier molecular flexibility index (Phi) is 3.82. The Morgan fingerprint density at radius 3 is 2.29 bits per heavy atom. The second-order valence-corrected chi connectivity index (χ2v) is 5.52. The van der Waals surface area contributed by atoms with Gasteiger partial charge in [-0.2, -0.15) is 4.98 Å². The van der Waals surface area contributed by atoms with E-state index in [9.17, 15) is 5.11 Å². The van der Waals surface area contributed by atoms with Crippen molar-refractivity contribution in [1.29, 1.82) is 0 Å². The first-order valence-electron chi connectivity index (χ1n) is 6.59. The number of rotatable bonds is 3. The van der Waals surface area contributed by atoms with Gasteiger partial charge in [-0.1, -0.05) is 19.0 Å². The minimum Gasteiger partial charge on any atom is -0.384 e. The summed E-state index contributed by atoms with van der Waals surface area (Å²) < 4.78 is 5.04. The fraction of sp³-hybridized carbons (Fsp3) is 0.846. The summed E-state index contributed by atoms with van der Waals surface area (Å²) in [4.78, 5) is 4.28. The molecule has 1 fully saturated rings. The third-order valence-electron chi connectivity index (χ3n) is 3.89. The van der Waals surface area contributed by atoms with Crippen LogP contribution in [0.3, 0.4) is 0 Å². The fourth-order valence-electron chi connectivity index (χ4n) is 2.63. The summed E-state index contributed by atoms with van der Waals surface area (Å²) >= 11 is 0. The first kappa shape index (κ1) is 12.6. The van der Waals surface area contributed by atoms with E-state index in [-0.39, 0.29) is 0 Å². The van der Waals surface area contributed by atoms with Crippen LogP contribution in [0.15, 0.2) is 4.52 Å². The molecule has 1 atom stereocenters. The van der Waals surface area contributed by atoms with Crippen LogP contribution in [0.25, 0.3) is 0 Å². The van der Waals surface area contributed by atoms with Crippen LogP contribution in [0.5, 0.6) is 0 Å². The fourth-order valence-corrected chi connectivity index (χ4v) is 2.63. The highest BCUT2D eigenvalue weighted by atomic mass is 16.5. The van der Waals surface area contributed by atoms with E-state index in [0.29, 0.717) is 11.8 Å². The summed E-state index contributed by atoms with van der Waals surface area (Å²) in [5.41, 5.74) is 0. The normalized spacial score (nSPS) is 27.4. The van der Waals surface area contributed by atoms with Gasteiger partial charge in [0.15, 0.2) is 5.82 Å². The van der Waals surface area contributed by atoms with Crippen molar-refractivity contribution in [2.75, 3.05) is 0 Å². The quantitative estimate of drug-likeness (QED) is 0.879. The summed E-state index contributed by atoms with van der Waals surface area (Å²) in [6, 6.07) is 0. The lowest BCUT2D eigenvalue weighted by Crippen LogP contribution is -2.18. The van der Waals surface area contributed by atoms with Gasteiger partial charge in [-0.25, -0.2) is 0 Å². The second kappa shape index (κ2) is 5.17. The van der Waals surface area contributed by atoms with Crippen LogP contribution in [0, 0.1) is 11.8 Å². The molecule has 1 aliphatic rings. The largest absolute Gasteiger partial charge is 0.384 e. The van der Waals surface area contributed by atoms with Crippen molar-refractivity contribution in [2.24, 2.45) is 11.8 Å². The van der Waals surface area contributed by atoms with Gasteiger partial charge in [-0.15, -0.1) is 0 Å². The smallest absolute Gasteiger partial charge is 0.255 e. The summed E-state index contributed by atoms with van der Waals surface area (Å²) in [6.45, 7) is 6.24. The van der Waals surface area contributed by atoms with Gasteiger partial charge < -0.3 is 9.63 Å². The van der Waals surface area contributed by atoms with Crippen LogP contribution < -0.4 is 0 Å². The lowest BCUT2D eigenvalue weighted by Gasteiger charge is -2.29. The molecule has 1 aromatic rings. The lowest BCUT2D eigenvalue weighted by atomic mass is 9.77. The topological polar surface area (TPSA) is 59.2 Å². The minimum atomic E-state index is -0.664. The van der Waals surface area contributed by atoms with Crippen molar-refractivity contribution >= 4 is 0 Å². The van der Waals surface area contributed by atoms with Crippen LogP contribution >= 0.6 is 0 Å². The number of hydrogen-bond donors (Lipinski definition) is 1. The van der Waals surface area contributed by atoms with Crippen molar-refractivity contribution in [3.8, 4) is 0 Å². The van der Waals surface area contributed by atoms with Gasteiger partial charge in [-0.3, -0.25) is 0 Å². The van der Waals surface area contributed by atoms with Gasteiger partial charge in [0.1, 0.15) is 6.10 Å². The standard InChI is InChI=1S/C13H22N2O2/c1-8(2)10-4-6-11(7-5-10)12-14-13(9(3)16)17-15-12/h8-11,16H,4-7H2,1-3H3/t9-,10?,11?/m0/s1. The highest BCUT2D eigenvalue weighted by molar-refractivity contribution is 4.98. The molecule has 0 spiro atoms. The van der Waals surface area contributed by atoms with E-state index >= 15 is 0 Å². The second-order valence-electron chi connectivity index (χ2n) is 5.52. The molecule has 1 saturated carbocycles. The maximum Gasteiger partial charge on any atom is 0.255 e. The Morgan fingerprint density at radius 2 is 1.82 bits per heavy atom. The summed E-state index contributed by atoms with van der Waals surface area (Å²) in [7, 11) is 0. The molecule has 1 N–H and O–H groups in total. The van der Waals surface area contributed by atoms with Gasteiger partial charge in [0.25, 0.3) is 5.89 Å². The Morgan fingerprint density at radius 1 is 1.18 bits per heavy atom. The predicted molar refractivity (Wildman–Crippen MR) is 64.5 cm³/mol. The number of hydrogen-bond acceptors (Lipinski definition) is 4. The maximum absolute atomic E-state index is 9.35. The number of aromatic nitrogens is 2. The van der Waals surface area contributed by atoms with Crippen molar-refractivity contribution < 1.29 is 9.63 Å². The van der Waals surface area contributed by atoms with Crippen LogP contribution in [0.4, 0.5) is 0 Å². The van der Waals surface area contributed by atoms with Gasteiger partial charge >= 0.3 is 0 Å². The zero-order valence-corrected chi connectivity index (χ0v) is 10.9. The first-order valence-corrected chi connectivity index (χ1v) is 6.59. The number of nitrogens with zero attached hydrogens (tertiary/aromatic N) is 2. The van der Waals surface area contributed by atoms with Crippen molar-refractivity contribution in [2.45, 2.75) is 58.5 Å². The van der Waals surface area contributed by atoms with Gasteiger partial charge in [0.2, 0.25) is 0 Å². The zero-order chi connectivity index (χ0) is 12.4. The molecular weight excluding hydrogens is 216 g/mol. The molecule has 0 aromatic carbocycles. The van der Waals surface area contributed by atoms with Gasteiger partial charge in [-0.05, 0) is 44.4 Å². The maximum atomic E-state index is 9.35. The molecule has 1 aromatic heterocycles. The number of aliphatic hydroxyl groups excluding tert-OH is 1. The molecule has 0 amide bonds. The van der Waals surface area contributed by atoms with E-state index < -0.39 is 6.10 Å². The molecule has 0 unspecified atom stereocenters. The molecule has 2 rings (SSSR count). The highest BCUT2D eigenvalue weighted by Crippen LogP contribution is 2.37. The lowest BCUT2D eigenvalue weighted by molar-refractivity contribution is 0.151. The molecule has 96 valence electrons. The average molecular weight is 238 g/mol. The van der Waals surface area contributed by atoms with Crippen molar-refractivity contribution in [3.05, 3.63) is 11.7 Å². The van der Waals surface area contributed by atoms with E-state index in [1.165, 1.54) is 12.8 Å². The summed E-state index contributed by atoms with van der Waals surface area (Å²) in [5.74, 6) is 3.15. The third-order valence-corrected chi connectivity index (χ3v) is 3.89. The Hall–Kier alpha value is -0.900. The summed E-state index contributed by atoms with van der Waals surface area (Å²) in [5, 5.41) is 13.3. The number of aliphatic hydroxyl groups is 1. The minimum absolute atomic E-state index is 0.339. The molecule has 0 bridgehead atoms. The molecule has 1 aliphatic carbocycles. The molecule has 1 heterocycles. The van der Waals surface area contributed by atoms with E-state index in [1.54, 1.807) is 6.92 Å². The van der Waals surface area contributed by atoms with Crippen LogP contribution in [-0.2, 0) is 0 Å².